The van der Waals surface area contributed by atoms with Crippen molar-refractivity contribution in [3.8, 4) is 0 Å². The molecule has 1 spiro atoms. The summed E-state index contributed by atoms with van der Waals surface area (Å²) in [6.07, 6.45) is 8.02. The molecule has 2 aliphatic rings. The van der Waals surface area contributed by atoms with Gasteiger partial charge in [-0.05, 0) is 43.4 Å². The number of nitrogens with zero attached hydrogens (tertiary/aromatic N) is 1. The summed E-state index contributed by atoms with van der Waals surface area (Å²) in [5.74, 6) is 0.729. The lowest BCUT2D eigenvalue weighted by Gasteiger charge is -2.29. The van der Waals surface area contributed by atoms with Crippen molar-refractivity contribution in [1.29, 1.82) is 0 Å². The Bertz CT molecular complexity index is 177. The fourth-order valence-electron chi connectivity index (χ4n) is 2.71. The molecule has 2 fully saturated rings. The Hall–Kier alpha value is -0.0800. The molecule has 13 heavy (non-hydrogen) atoms. The van der Waals surface area contributed by atoms with Crippen molar-refractivity contribution in [1.82, 2.24) is 5.06 Å². The largest absolute Gasteiger partial charge is 0.314 e. The van der Waals surface area contributed by atoms with E-state index in [1.54, 1.807) is 0 Å². The molecule has 2 rings (SSSR count). The van der Waals surface area contributed by atoms with Crippen LogP contribution in [0.3, 0.4) is 0 Å². The van der Waals surface area contributed by atoms with Crippen molar-refractivity contribution in [2.75, 3.05) is 13.1 Å². The van der Waals surface area contributed by atoms with E-state index in [0.29, 0.717) is 0 Å². The molecule has 0 aromatic carbocycles. The summed E-state index contributed by atoms with van der Waals surface area (Å²) in [7, 11) is 0. The molecule has 1 saturated carbocycles. The number of hydrogen-bond acceptors (Lipinski definition) is 2. The van der Waals surface area contributed by atoms with E-state index in [4.69, 9.17) is 0 Å². The van der Waals surface area contributed by atoms with E-state index in [-0.39, 0.29) is 0 Å². The van der Waals surface area contributed by atoms with Crippen LogP contribution in [0.1, 0.15) is 45.4 Å². The summed E-state index contributed by atoms with van der Waals surface area (Å²) in [5.41, 5.74) is 0.724. The van der Waals surface area contributed by atoms with E-state index < -0.39 is 0 Å². The lowest BCUT2D eigenvalue weighted by Crippen LogP contribution is -2.31. The number of hydroxylamine groups is 2. The van der Waals surface area contributed by atoms with Gasteiger partial charge >= 0.3 is 0 Å². The Morgan fingerprint density at radius 3 is 2.77 bits per heavy atom. The fraction of sp³-hybridized carbons (Fsp3) is 1.00. The molecule has 1 atom stereocenters. The van der Waals surface area contributed by atoms with Crippen LogP contribution in [0.25, 0.3) is 0 Å². The third kappa shape index (κ3) is 2.23. The first-order valence-corrected chi connectivity index (χ1v) is 5.68. The first kappa shape index (κ1) is 9.47. The van der Waals surface area contributed by atoms with Crippen LogP contribution in [0.5, 0.6) is 0 Å². The molecule has 2 heteroatoms. The molecule has 0 bridgehead atoms. The summed E-state index contributed by atoms with van der Waals surface area (Å²) in [6.45, 7) is 4.03. The summed E-state index contributed by atoms with van der Waals surface area (Å²) in [5, 5.41) is 11.1. The topological polar surface area (TPSA) is 23.5 Å². The summed E-state index contributed by atoms with van der Waals surface area (Å²) in [4.78, 5) is 0. The lowest BCUT2D eigenvalue weighted by atomic mass is 9.85. The Balaban J connectivity index is 1.94. The third-order valence-corrected chi connectivity index (χ3v) is 3.85. The predicted molar refractivity (Wildman–Crippen MR) is 52.7 cm³/mol. The summed E-state index contributed by atoms with van der Waals surface area (Å²) >= 11 is 0. The van der Waals surface area contributed by atoms with Gasteiger partial charge in [-0.2, -0.15) is 5.06 Å². The average Bonchev–Trinajstić information content (AvgIpc) is 2.82. The van der Waals surface area contributed by atoms with Crippen LogP contribution in [-0.2, 0) is 0 Å². The zero-order chi connectivity index (χ0) is 9.31. The summed E-state index contributed by atoms with van der Waals surface area (Å²) in [6, 6.07) is 0. The van der Waals surface area contributed by atoms with Gasteiger partial charge < -0.3 is 5.21 Å². The van der Waals surface area contributed by atoms with Gasteiger partial charge in [0.15, 0.2) is 0 Å². The fourth-order valence-corrected chi connectivity index (χ4v) is 2.71. The van der Waals surface area contributed by atoms with Gasteiger partial charge in [0.05, 0.1) is 0 Å². The third-order valence-electron chi connectivity index (χ3n) is 3.85. The van der Waals surface area contributed by atoms with E-state index in [1.165, 1.54) is 43.6 Å². The molecule has 0 radical (unpaired) electrons. The molecule has 1 unspecified atom stereocenters. The molecule has 1 aliphatic carbocycles. The van der Waals surface area contributed by atoms with E-state index in [0.717, 1.165) is 24.4 Å². The van der Waals surface area contributed by atoms with Crippen LogP contribution < -0.4 is 0 Å². The van der Waals surface area contributed by atoms with E-state index >= 15 is 0 Å². The van der Waals surface area contributed by atoms with E-state index in [1.807, 2.05) is 0 Å². The van der Waals surface area contributed by atoms with Crippen molar-refractivity contribution < 1.29 is 5.21 Å². The Labute approximate surface area is 80.9 Å². The van der Waals surface area contributed by atoms with Gasteiger partial charge in [0.1, 0.15) is 0 Å². The first-order valence-electron chi connectivity index (χ1n) is 5.68. The normalized spacial score (nSPS) is 34.2. The highest BCUT2D eigenvalue weighted by Crippen LogP contribution is 2.55. The number of hydrogen-bond donors (Lipinski definition) is 1. The standard InChI is InChI=1S/C11H21NO/c1-2-10-8-11(5-6-11)4-3-7-12(13)9-10/h10,13H,2-9H2,1H3. The van der Waals surface area contributed by atoms with Crippen molar-refractivity contribution in [2.24, 2.45) is 11.3 Å². The van der Waals surface area contributed by atoms with Crippen LogP contribution in [0.2, 0.25) is 0 Å². The molecule has 1 saturated heterocycles. The molecule has 2 nitrogen and oxygen atoms in total. The first-order chi connectivity index (χ1) is 6.24. The maximum Gasteiger partial charge on any atom is 0.0266 e. The van der Waals surface area contributed by atoms with Crippen LogP contribution >= 0.6 is 0 Å². The van der Waals surface area contributed by atoms with Crippen molar-refractivity contribution >= 4 is 0 Å². The highest BCUT2D eigenvalue weighted by molar-refractivity contribution is 4.95. The lowest BCUT2D eigenvalue weighted by molar-refractivity contribution is -0.110. The van der Waals surface area contributed by atoms with Gasteiger partial charge in [-0.25, -0.2) is 0 Å². The van der Waals surface area contributed by atoms with Crippen LogP contribution in [0.4, 0.5) is 0 Å². The molecular weight excluding hydrogens is 162 g/mol. The minimum atomic E-state index is 0.724. The second kappa shape index (κ2) is 3.58. The van der Waals surface area contributed by atoms with E-state index in [9.17, 15) is 5.21 Å². The number of rotatable bonds is 1. The minimum Gasteiger partial charge on any atom is -0.314 e. The smallest absolute Gasteiger partial charge is 0.0266 e. The molecular formula is C11H21NO. The molecule has 0 aromatic rings. The van der Waals surface area contributed by atoms with Crippen LogP contribution in [0.15, 0.2) is 0 Å². The van der Waals surface area contributed by atoms with Crippen molar-refractivity contribution in [3.63, 3.8) is 0 Å². The van der Waals surface area contributed by atoms with Gasteiger partial charge in [0.25, 0.3) is 0 Å². The molecule has 0 amide bonds. The molecule has 1 N–H and O–H groups in total. The van der Waals surface area contributed by atoms with Crippen molar-refractivity contribution in [3.05, 3.63) is 0 Å². The van der Waals surface area contributed by atoms with Crippen LogP contribution in [0, 0.1) is 11.3 Å². The quantitative estimate of drug-likeness (QED) is 0.675. The molecule has 1 heterocycles. The molecule has 0 aromatic heterocycles. The predicted octanol–water partition coefficient (Wildman–Crippen LogP) is 2.67. The minimum absolute atomic E-state index is 0.724. The van der Waals surface area contributed by atoms with Crippen molar-refractivity contribution in [2.45, 2.75) is 45.4 Å². The zero-order valence-electron chi connectivity index (χ0n) is 8.63. The van der Waals surface area contributed by atoms with Crippen LogP contribution in [-0.4, -0.2) is 23.4 Å². The van der Waals surface area contributed by atoms with Gasteiger partial charge in [-0.15, -0.1) is 0 Å². The van der Waals surface area contributed by atoms with Gasteiger partial charge in [-0.1, -0.05) is 13.3 Å². The highest BCUT2D eigenvalue weighted by atomic mass is 16.5. The van der Waals surface area contributed by atoms with E-state index in [2.05, 4.69) is 6.92 Å². The zero-order valence-corrected chi connectivity index (χ0v) is 8.63. The Kier molecular flexibility index (Phi) is 2.61. The van der Waals surface area contributed by atoms with Gasteiger partial charge in [0.2, 0.25) is 0 Å². The highest BCUT2D eigenvalue weighted by Gasteiger charge is 2.43. The Morgan fingerprint density at radius 1 is 1.38 bits per heavy atom. The monoisotopic (exact) mass is 183 g/mol. The molecule has 76 valence electrons. The molecule has 1 aliphatic heterocycles. The maximum absolute atomic E-state index is 9.54. The maximum atomic E-state index is 9.54. The SMILES string of the molecule is CCC1CN(O)CCCC2(CC2)C1. The van der Waals surface area contributed by atoms with Gasteiger partial charge in [-0.3, -0.25) is 0 Å². The van der Waals surface area contributed by atoms with Gasteiger partial charge in [0, 0.05) is 13.1 Å². The second-order valence-corrected chi connectivity index (χ2v) is 4.99. The Morgan fingerprint density at radius 2 is 2.15 bits per heavy atom. The summed E-state index contributed by atoms with van der Waals surface area (Å²) < 4.78 is 0. The second-order valence-electron chi connectivity index (χ2n) is 4.99. The average molecular weight is 183 g/mol.